The summed E-state index contributed by atoms with van der Waals surface area (Å²) in [7, 11) is 3.13. The van der Waals surface area contributed by atoms with E-state index in [1.807, 2.05) is 0 Å². The van der Waals surface area contributed by atoms with Crippen LogP contribution in [0.5, 0.6) is 11.5 Å². The van der Waals surface area contributed by atoms with Gasteiger partial charge in [0.05, 0.1) is 13.7 Å². The number of rotatable bonds is 9. The van der Waals surface area contributed by atoms with Crippen LogP contribution < -0.4 is 20.1 Å². The molecule has 0 aliphatic rings. The van der Waals surface area contributed by atoms with E-state index >= 15 is 0 Å². The number of carbonyl (C=O) groups is 2. The molecule has 0 heterocycles. The quantitative estimate of drug-likeness (QED) is 0.651. The first kappa shape index (κ1) is 21.6. The first-order chi connectivity index (χ1) is 12.2. The van der Waals surface area contributed by atoms with Crippen LogP contribution in [0, 0.1) is 0 Å². The molecule has 0 atom stereocenters. The molecule has 8 heteroatoms. The van der Waals surface area contributed by atoms with Crippen LogP contribution in [0.15, 0.2) is 18.2 Å². The second kappa shape index (κ2) is 10.5. The largest absolute Gasteiger partial charge is 0.493 e. The summed E-state index contributed by atoms with van der Waals surface area (Å²) < 4.78 is 20.9. The van der Waals surface area contributed by atoms with Crippen molar-refractivity contribution < 1.29 is 28.5 Å². The van der Waals surface area contributed by atoms with E-state index in [2.05, 4.69) is 10.6 Å². The molecule has 0 aromatic heterocycles. The number of hydrogen-bond donors (Lipinski definition) is 2. The molecule has 0 spiro atoms. The number of alkyl carbamates (subject to hydrolysis) is 1. The molecule has 0 radical (unpaired) electrons. The van der Waals surface area contributed by atoms with Crippen LogP contribution in [0.1, 0.15) is 27.2 Å². The topological polar surface area (TPSA) is 95.1 Å². The highest BCUT2D eigenvalue weighted by atomic mass is 16.6. The molecule has 0 aliphatic heterocycles. The molecule has 0 saturated heterocycles. The number of benzene rings is 1. The SMILES string of the molecule is COCCOc1cc(NC(=O)CCNC(=O)OC(C)(C)C)ccc1OC. The molecule has 0 fully saturated rings. The van der Waals surface area contributed by atoms with E-state index in [1.165, 1.54) is 0 Å². The Hall–Kier alpha value is -2.48. The highest BCUT2D eigenvalue weighted by Gasteiger charge is 2.16. The first-order valence-corrected chi connectivity index (χ1v) is 8.31. The van der Waals surface area contributed by atoms with Gasteiger partial charge in [-0.1, -0.05) is 0 Å². The molecule has 2 N–H and O–H groups in total. The molecule has 0 unspecified atom stereocenters. The molecule has 26 heavy (non-hydrogen) atoms. The Morgan fingerprint density at radius 1 is 1.08 bits per heavy atom. The van der Waals surface area contributed by atoms with Crippen molar-refractivity contribution >= 4 is 17.7 Å². The van der Waals surface area contributed by atoms with Gasteiger partial charge in [0.2, 0.25) is 5.91 Å². The molecule has 1 aromatic rings. The summed E-state index contributed by atoms with van der Waals surface area (Å²) in [5.41, 5.74) is -0.00485. The van der Waals surface area contributed by atoms with Crippen LogP contribution >= 0.6 is 0 Å². The summed E-state index contributed by atoms with van der Waals surface area (Å²) in [5, 5.41) is 5.29. The van der Waals surface area contributed by atoms with Crippen molar-refractivity contribution in [2.45, 2.75) is 32.8 Å². The maximum absolute atomic E-state index is 12.0. The summed E-state index contributed by atoms with van der Waals surface area (Å²) in [6.45, 7) is 6.30. The average Bonchev–Trinajstić information content (AvgIpc) is 2.53. The Morgan fingerprint density at radius 2 is 1.81 bits per heavy atom. The summed E-state index contributed by atoms with van der Waals surface area (Å²) in [5.74, 6) is 0.828. The lowest BCUT2D eigenvalue weighted by molar-refractivity contribution is -0.116. The fraction of sp³-hybridized carbons (Fsp3) is 0.556. The van der Waals surface area contributed by atoms with Crippen molar-refractivity contribution in [1.82, 2.24) is 5.32 Å². The molecule has 1 rings (SSSR count). The predicted octanol–water partition coefficient (Wildman–Crippen LogP) is 2.57. The summed E-state index contributed by atoms with van der Waals surface area (Å²) >= 11 is 0. The Morgan fingerprint density at radius 3 is 2.42 bits per heavy atom. The maximum atomic E-state index is 12.0. The summed E-state index contributed by atoms with van der Waals surface area (Å²) in [4.78, 5) is 23.5. The molecular weight excluding hydrogens is 340 g/mol. The Balaban J connectivity index is 2.50. The van der Waals surface area contributed by atoms with Gasteiger partial charge in [-0.15, -0.1) is 0 Å². The van der Waals surface area contributed by atoms with Gasteiger partial charge in [-0.3, -0.25) is 4.79 Å². The van der Waals surface area contributed by atoms with E-state index in [0.29, 0.717) is 30.4 Å². The maximum Gasteiger partial charge on any atom is 0.407 e. The van der Waals surface area contributed by atoms with E-state index in [1.54, 1.807) is 53.2 Å². The summed E-state index contributed by atoms with van der Waals surface area (Å²) in [6, 6.07) is 5.09. The Labute approximate surface area is 154 Å². The van der Waals surface area contributed by atoms with Crippen molar-refractivity contribution in [2.75, 3.05) is 39.3 Å². The highest BCUT2D eigenvalue weighted by molar-refractivity contribution is 5.91. The minimum absolute atomic E-state index is 0.116. The molecule has 8 nitrogen and oxygen atoms in total. The van der Waals surface area contributed by atoms with Gasteiger partial charge in [0.25, 0.3) is 0 Å². The number of nitrogens with one attached hydrogen (secondary N) is 2. The molecule has 0 aliphatic carbocycles. The summed E-state index contributed by atoms with van der Waals surface area (Å²) in [6.07, 6.45) is -0.436. The van der Waals surface area contributed by atoms with Gasteiger partial charge >= 0.3 is 6.09 Å². The molecule has 0 bridgehead atoms. The van der Waals surface area contributed by atoms with Crippen molar-refractivity contribution in [3.8, 4) is 11.5 Å². The van der Waals surface area contributed by atoms with Crippen molar-refractivity contribution in [2.24, 2.45) is 0 Å². The van der Waals surface area contributed by atoms with E-state index in [4.69, 9.17) is 18.9 Å². The molecule has 1 aromatic carbocycles. The number of hydrogen-bond acceptors (Lipinski definition) is 6. The number of amides is 2. The zero-order valence-electron chi connectivity index (χ0n) is 16.0. The van der Waals surface area contributed by atoms with Gasteiger partial charge in [-0.05, 0) is 32.9 Å². The smallest absolute Gasteiger partial charge is 0.407 e. The lowest BCUT2D eigenvalue weighted by Crippen LogP contribution is -2.34. The Bertz CT molecular complexity index is 598. The number of methoxy groups -OCH3 is 2. The first-order valence-electron chi connectivity index (χ1n) is 8.31. The Kier molecular flexibility index (Phi) is 8.71. The second-order valence-corrected chi connectivity index (χ2v) is 6.43. The minimum atomic E-state index is -0.575. The van der Waals surface area contributed by atoms with Crippen LogP contribution in [0.3, 0.4) is 0 Å². The molecule has 0 saturated carbocycles. The third-order valence-corrected chi connectivity index (χ3v) is 3.01. The molecular formula is C18H28N2O6. The van der Waals surface area contributed by atoms with Crippen LogP contribution in [0.25, 0.3) is 0 Å². The van der Waals surface area contributed by atoms with E-state index in [-0.39, 0.29) is 18.9 Å². The van der Waals surface area contributed by atoms with Gasteiger partial charge in [-0.25, -0.2) is 4.79 Å². The van der Waals surface area contributed by atoms with Crippen molar-refractivity contribution in [1.29, 1.82) is 0 Å². The standard InChI is InChI=1S/C18H28N2O6/c1-18(2,3)26-17(22)19-9-8-16(21)20-13-6-7-14(24-5)15(12-13)25-11-10-23-4/h6-7,12H,8-11H2,1-5H3,(H,19,22)(H,20,21). The fourth-order valence-corrected chi connectivity index (χ4v) is 1.92. The van der Waals surface area contributed by atoms with Crippen LogP contribution in [0.4, 0.5) is 10.5 Å². The number of ether oxygens (including phenoxy) is 4. The van der Waals surface area contributed by atoms with Gasteiger partial charge in [0.1, 0.15) is 12.2 Å². The minimum Gasteiger partial charge on any atom is -0.493 e. The number of carbonyl (C=O) groups excluding carboxylic acids is 2. The monoisotopic (exact) mass is 368 g/mol. The van der Waals surface area contributed by atoms with Crippen LogP contribution in [-0.4, -0.2) is 51.6 Å². The van der Waals surface area contributed by atoms with Gasteiger partial charge in [0, 0.05) is 31.8 Å². The van der Waals surface area contributed by atoms with Crippen LogP contribution in [0.2, 0.25) is 0 Å². The van der Waals surface area contributed by atoms with Gasteiger partial charge in [0.15, 0.2) is 11.5 Å². The number of anilines is 1. The van der Waals surface area contributed by atoms with E-state index in [9.17, 15) is 9.59 Å². The normalized spacial score (nSPS) is 10.8. The highest BCUT2D eigenvalue weighted by Crippen LogP contribution is 2.30. The third-order valence-electron chi connectivity index (χ3n) is 3.01. The zero-order valence-corrected chi connectivity index (χ0v) is 16.0. The third kappa shape index (κ3) is 8.57. The lowest BCUT2D eigenvalue weighted by atomic mass is 10.2. The van der Waals surface area contributed by atoms with Crippen molar-refractivity contribution in [3.63, 3.8) is 0 Å². The average molecular weight is 368 g/mol. The second-order valence-electron chi connectivity index (χ2n) is 6.43. The van der Waals surface area contributed by atoms with E-state index in [0.717, 1.165) is 0 Å². The fourth-order valence-electron chi connectivity index (χ4n) is 1.92. The van der Waals surface area contributed by atoms with Gasteiger partial charge < -0.3 is 29.6 Å². The van der Waals surface area contributed by atoms with Crippen molar-refractivity contribution in [3.05, 3.63) is 18.2 Å². The zero-order chi connectivity index (χ0) is 19.6. The van der Waals surface area contributed by atoms with Crippen LogP contribution in [-0.2, 0) is 14.3 Å². The predicted molar refractivity (Wildman–Crippen MR) is 97.8 cm³/mol. The molecule has 2 amide bonds. The van der Waals surface area contributed by atoms with Gasteiger partial charge in [-0.2, -0.15) is 0 Å². The lowest BCUT2D eigenvalue weighted by Gasteiger charge is -2.19. The van der Waals surface area contributed by atoms with E-state index < -0.39 is 11.7 Å². The molecule has 146 valence electrons.